The zero-order valence-electron chi connectivity index (χ0n) is 56.6. The van der Waals surface area contributed by atoms with Crippen LogP contribution in [0, 0.1) is 5.41 Å². The number of unbranched alkanes of at least 4 members (excludes halogenated alkanes) is 3. The molecule has 0 bridgehead atoms. The molecule has 17 N–H and O–H groups in total. The third kappa shape index (κ3) is 35.9. The molecule has 560 valence electrons. The van der Waals surface area contributed by atoms with Crippen molar-refractivity contribution in [3.05, 3.63) is 0 Å². The summed E-state index contributed by atoms with van der Waals surface area (Å²) in [5, 5.41) is 104. The number of ether oxygens (including phenoxy) is 9. The van der Waals surface area contributed by atoms with Crippen molar-refractivity contribution in [1.82, 2.24) is 47.9 Å². The van der Waals surface area contributed by atoms with E-state index in [1.807, 2.05) is 6.92 Å². The van der Waals surface area contributed by atoms with Gasteiger partial charge >= 0.3 is 0 Å². The zero-order chi connectivity index (χ0) is 71.5. The Labute approximate surface area is 566 Å². The molecule has 3 aliphatic heterocycles. The van der Waals surface area contributed by atoms with Crippen molar-refractivity contribution in [2.45, 2.75) is 216 Å². The van der Waals surface area contributed by atoms with Gasteiger partial charge in [0.25, 0.3) is 0 Å². The number of hydrogen-bond acceptors (Lipinski definition) is 26. The second kappa shape index (κ2) is 49.1. The molecule has 97 heavy (non-hydrogen) atoms. The Hall–Kier alpha value is -5.45. The molecular weight excluding hydrogens is 1290 g/mol. The van der Waals surface area contributed by atoms with Gasteiger partial charge in [-0.3, -0.25) is 43.2 Å². The van der Waals surface area contributed by atoms with Gasteiger partial charge in [-0.2, -0.15) is 0 Å². The van der Waals surface area contributed by atoms with Crippen LogP contribution in [-0.4, -0.2) is 298 Å². The van der Waals surface area contributed by atoms with Crippen molar-refractivity contribution >= 4 is 53.2 Å². The fraction of sp³-hybridized carbons (Fsp3) is 0.855. The molecule has 3 heterocycles. The van der Waals surface area contributed by atoms with Gasteiger partial charge in [0, 0.05) is 130 Å². The van der Waals surface area contributed by atoms with Crippen molar-refractivity contribution in [3.8, 4) is 0 Å². The van der Waals surface area contributed by atoms with Crippen LogP contribution in [-0.2, 0) is 85.8 Å². The van der Waals surface area contributed by atoms with Gasteiger partial charge in [0.1, 0.15) is 54.8 Å². The summed E-state index contributed by atoms with van der Waals surface area (Å²) in [7, 11) is 0. The number of carbonyl (C=O) groups is 9. The average Bonchev–Trinajstić information content (AvgIpc) is 0.856. The summed E-state index contributed by atoms with van der Waals surface area (Å²) >= 11 is 0. The fourth-order valence-electron chi connectivity index (χ4n) is 10.3. The van der Waals surface area contributed by atoms with E-state index in [2.05, 4.69) is 47.9 Å². The number of hydrogen-bond donors (Lipinski definition) is 17. The highest BCUT2D eigenvalue weighted by atomic mass is 16.7. The maximum absolute atomic E-state index is 12.7. The first-order valence-corrected chi connectivity index (χ1v) is 33.6. The number of nitrogens with one attached hydrogen (secondary N) is 9. The molecule has 0 saturated carbocycles. The van der Waals surface area contributed by atoms with Gasteiger partial charge in [-0.15, -0.1) is 0 Å². The molecule has 0 aromatic heterocycles. The molecule has 3 fully saturated rings. The molecule has 3 rings (SSSR count). The van der Waals surface area contributed by atoms with Crippen molar-refractivity contribution in [2.75, 3.05) is 119 Å². The average molecular weight is 1400 g/mol. The lowest BCUT2D eigenvalue weighted by Crippen LogP contribution is -2.64. The Bertz CT molecular complexity index is 2220. The quantitative estimate of drug-likeness (QED) is 0.0253. The molecule has 0 aromatic carbocycles. The van der Waals surface area contributed by atoms with E-state index in [1.54, 1.807) is 0 Å². The number of rotatable bonds is 51. The lowest BCUT2D eigenvalue weighted by molar-refractivity contribution is -0.270. The molecule has 0 aliphatic carbocycles. The van der Waals surface area contributed by atoms with Crippen LogP contribution < -0.4 is 47.9 Å². The summed E-state index contributed by atoms with van der Waals surface area (Å²) in [5.41, 5.74) is -0.780. The van der Waals surface area contributed by atoms with E-state index in [1.165, 1.54) is 20.8 Å². The summed E-state index contributed by atoms with van der Waals surface area (Å²) in [6.07, 6.45) is -7.91. The number of carbonyl (C=O) groups excluding carboxylic acids is 9. The summed E-state index contributed by atoms with van der Waals surface area (Å²) in [5.74, 6) is -2.70. The third-order valence-electron chi connectivity index (χ3n) is 15.6. The second-order valence-electron chi connectivity index (χ2n) is 24.6. The van der Waals surface area contributed by atoms with Crippen LogP contribution in [0.15, 0.2) is 0 Å². The molecule has 14 atom stereocenters. The van der Waals surface area contributed by atoms with Gasteiger partial charge in [0.15, 0.2) is 18.9 Å². The normalized spacial score (nSPS) is 25.4. The third-order valence-corrected chi connectivity index (χ3v) is 15.6. The van der Waals surface area contributed by atoms with Gasteiger partial charge in [0.05, 0.1) is 71.6 Å². The molecule has 0 aromatic rings. The van der Waals surface area contributed by atoms with Crippen LogP contribution in [0.2, 0.25) is 0 Å². The molecule has 14 unspecified atom stereocenters. The van der Waals surface area contributed by atoms with Gasteiger partial charge in [-0.05, 0) is 57.8 Å². The summed E-state index contributed by atoms with van der Waals surface area (Å²) in [6, 6.07) is -2.73. The maximum atomic E-state index is 12.7. The monoisotopic (exact) mass is 1400 g/mol. The molecule has 0 spiro atoms. The van der Waals surface area contributed by atoms with Gasteiger partial charge in [-0.25, -0.2) is 0 Å². The first-order chi connectivity index (χ1) is 46.4. The molecule has 3 saturated heterocycles. The molecule has 3 aliphatic rings. The van der Waals surface area contributed by atoms with Crippen LogP contribution in [0.1, 0.15) is 130 Å². The topological polar surface area (TPSA) is 507 Å². The molecular formula is C62H111N9O26. The molecule has 35 heteroatoms. The van der Waals surface area contributed by atoms with Crippen LogP contribution in [0.25, 0.3) is 0 Å². The summed E-state index contributed by atoms with van der Waals surface area (Å²) in [4.78, 5) is 110. The van der Waals surface area contributed by atoms with Crippen LogP contribution in [0.4, 0.5) is 0 Å². The van der Waals surface area contributed by atoms with Crippen molar-refractivity contribution in [2.24, 2.45) is 5.41 Å². The standard InChI is InChI=1S/C62H111N9O26/c1-39(75)69-42-32-43(78)44(33-72)95-59(42)92-26-8-5-14-47(79)63-20-11-23-66-50(82)17-29-89-36-62(4,37-90-30-18-51(83)67-24-12-21-64-48(80)15-6-9-27-93-60-53(70-40(2)76)57(87)55(85)45(34-73)96-60)38-91-31-19-52(84)68-25-13-22-65-49(81)16-7-10-28-94-61-54(71-41(3)77)58(88)56(86)46(35-74)97-61/h42-46,53-61,72-74,78,85-88H,5-38H2,1-4H3,(H,63,79)(H,64,80)(H,65,81)(H,66,82)(H,67,83)(H,68,84)(H,69,75)(H,70,76)(H,71,77). The lowest BCUT2D eigenvalue weighted by Gasteiger charge is -2.42. The van der Waals surface area contributed by atoms with E-state index in [-0.39, 0.29) is 159 Å². The highest BCUT2D eigenvalue weighted by molar-refractivity contribution is 5.78. The van der Waals surface area contributed by atoms with Crippen LogP contribution >= 0.6 is 0 Å². The van der Waals surface area contributed by atoms with Crippen molar-refractivity contribution < 1.29 is 127 Å². The lowest BCUT2D eigenvalue weighted by atomic mass is 9.94. The van der Waals surface area contributed by atoms with Crippen molar-refractivity contribution in [1.29, 1.82) is 0 Å². The molecule has 0 radical (unpaired) electrons. The Balaban J connectivity index is 1.33. The zero-order valence-corrected chi connectivity index (χ0v) is 56.6. The van der Waals surface area contributed by atoms with Crippen LogP contribution in [0.3, 0.4) is 0 Å². The largest absolute Gasteiger partial charge is 0.394 e. The number of amides is 9. The van der Waals surface area contributed by atoms with Crippen molar-refractivity contribution in [3.63, 3.8) is 0 Å². The molecule has 35 nitrogen and oxygen atoms in total. The summed E-state index contributed by atoms with van der Waals surface area (Å²) in [6.45, 7) is 6.75. The van der Waals surface area contributed by atoms with E-state index in [0.717, 1.165) is 0 Å². The predicted molar refractivity (Wildman–Crippen MR) is 340 cm³/mol. The van der Waals surface area contributed by atoms with Crippen LogP contribution in [0.5, 0.6) is 0 Å². The Morgan fingerprint density at radius 3 is 0.990 bits per heavy atom. The smallest absolute Gasteiger partial charge is 0.222 e. The molecule has 9 amide bonds. The van der Waals surface area contributed by atoms with E-state index in [4.69, 9.17) is 42.6 Å². The van der Waals surface area contributed by atoms with E-state index >= 15 is 0 Å². The predicted octanol–water partition coefficient (Wildman–Crippen LogP) is -5.50. The van der Waals surface area contributed by atoms with E-state index in [9.17, 15) is 84.0 Å². The van der Waals surface area contributed by atoms with Gasteiger partial charge in [0.2, 0.25) is 53.2 Å². The van der Waals surface area contributed by atoms with Gasteiger partial charge in [-0.1, -0.05) is 6.92 Å². The SMILES string of the molecule is CC(=O)NC1CC(O)C(CO)OC1OCCCCC(=O)NCCCNC(=O)CCOCC(C)(COCCC(=O)NCCCNC(=O)CCCCOC1OC(CO)C(O)C(O)C1NC(C)=O)COCCC(=O)NCCCNC(=O)CCCCOC1OC(CO)C(O)C(O)C1NC(C)=O. The van der Waals surface area contributed by atoms with Gasteiger partial charge < -0.3 is 131 Å². The minimum absolute atomic E-state index is 0.0253. The number of aliphatic hydroxyl groups is 8. The van der Waals surface area contributed by atoms with E-state index < -0.39 is 123 Å². The fourth-order valence-corrected chi connectivity index (χ4v) is 10.3. The maximum Gasteiger partial charge on any atom is 0.222 e. The van der Waals surface area contributed by atoms with E-state index in [0.29, 0.717) is 84.0 Å². The number of aliphatic hydroxyl groups excluding tert-OH is 8. The minimum Gasteiger partial charge on any atom is -0.394 e. The second-order valence-corrected chi connectivity index (χ2v) is 24.6. The summed E-state index contributed by atoms with van der Waals surface area (Å²) < 4.78 is 51.6. The Morgan fingerprint density at radius 1 is 0.381 bits per heavy atom. The Morgan fingerprint density at radius 2 is 0.680 bits per heavy atom. The first kappa shape index (κ1) is 85.8. The highest BCUT2D eigenvalue weighted by Crippen LogP contribution is 2.26. The Kier molecular flexibility index (Phi) is 43.5. The minimum atomic E-state index is -1.44. The highest BCUT2D eigenvalue weighted by Gasteiger charge is 2.47. The first-order valence-electron chi connectivity index (χ1n) is 33.6.